The highest BCUT2D eigenvalue weighted by molar-refractivity contribution is 7.71. The maximum Gasteiger partial charge on any atom is 0.262 e. The molecule has 1 aliphatic heterocycles. The lowest BCUT2D eigenvalue weighted by atomic mass is 9.99. The smallest absolute Gasteiger partial charge is 0.262 e. The highest BCUT2D eigenvalue weighted by atomic mass is 32.1. The van der Waals surface area contributed by atoms with E-state index in [0.717, 1.165) is 42.9 Å². The molecule has 3 heterocycles. The van der Waals surface area contributed by atoms with E-state index in [-0.39, 0.29) is 5.56 Å². The van der Waals surface area contributed by atoms with Crippen molar-refractivity contribution in [2.75, 3.05) is 20.8 Å². The van der Waals surface area contributed by atoms with Crippen LogP contribution in [-0.2, 0) is 26.2 Å². The molecule has 2 aromatic heterocycles. The van der Waals surface area contributed by atoms with Gasteiger partial charge in [-0.25, -0.2) is 4.68 Å². The van der Waals surface area contributed by atoms with Crippen molar-refractivity contribution in [3.63, 3.8) is 0 Å². The summed E-state index contributed by atoms with van der Waals surface area (Å²) >= 11 is 5.90. The maximum absolute atomic E-state index is 13.3. The molecule has 0 saturated carbocycles. The number of benzene rings is 2. The minimum Gasteiger partial charge on any atom is -0.493 e. The van der Waals surface area contributed by atoms with Crippen molar-refractivity contribution in [2.45, 2.75) is 46.4 Å². The average Bonchev–Trinajstić information content (AvgIpc) is 3.18. The lowest BCUT2D eigenvalue weighted by Gasteiger charge is -2.29. The van der Waals surface area contributed by atoms with Gasteiger partial charge in [0.25, 0.3) is 5.56 Å². The molecule has 0 aliphatic carbocycles. The van der Waals surface area contributed by atoms with E-state index in [9.17, 15) is 4.79 Å². The van der Waals surface area contributed by atoms with Crippen molar-refractivity contribution in [3.8, 4) is 11.5 Å². The molecule has 4 aromatic rings. The SMILES string of the molecule is COc1cc2c(cc1OC)CN(Cn1nc3n(CCC(C)C)c(=O)c4ccccc4n3c1=S)CC2. The number of para-hydroxylation sites is 1. The van der Waals surface area contributed by atoms with Gasteiger partial charge in [-0.2, -0.15) is 0 Å². The molecule has 2 aromatic carbocycles. The minimum atomic E-state index is -0.0196. The number of methoxy groups -OCH3 is 2. The Morgan fingerprint density at radius 2 is 1.80 bits per heavy atom. The molecule has 0 fully saturated rings. The Kier molecular flexibility index (Phi) is 6.37. The Labute approximate surface area is 209 Å². The largest absolute Gasteiger partial charge is 0.493 e. The van der Waals surface area contributed by atoms with Gasteiger partial charge >= 0.3 is 0 Å². The molecule has 0 spiro atoms. The van der Waals surface area contributed by atoms with E-state index in [1.807, 2.05) is 33.3 Å². The van der Waals surface area contributed by atoms with E-state index in [0.29, 0.717) is 35.1 Å². The van der Waals surface area contributed by atoms with Gasteiger partial charge in [0, 0.05) is 19.6 Å². The predicted molar refractivity (Wildman–Crippen MR) is 139 cm³/mol. The zero-order chi connectivity index (χ0) is 24.7. The predicted octanol–water partition coefficient (Wildman–Crippen LogP) is 4.26. The van der Waals surface area contributed by atoms with Crippen LogP contribution in [0.25, 0.3) is 16.7 Å². The van der Waals surface area contributed by atoms with Gasteiger partial charge in [-0.1, -0.05) is 26.0 Å². The van der Waals surface area contributed by atoms with Crippen molar-refractivity contribution in [3.05, 3.63) is 62.6 Å². The number of aryl methyl sites for hydroxylation is 1. The number of hydrogen-bond donors (Lipinski definition) is 0. The second-order valence-corrected chi connectivity index (χ2v) is 9.86. The molecule has 35 heavy (non-hydrogen) atoms. The van der Waals surface area contributed by atoms with Crippen LogP contribution in [-0.4, -0.2) is 44.4 Å². The Hall–Kier alpha value is -3.17. The Morgan fingerprint density at radius 3 is 2.51 bits per heavy atom. The maximum atomic E-state index is 13.3. The fraction of sp³-hybridized carbons (Fsp3) is 0.423. The molecule has 184 valence electrons. The van der Waals surface area contributed by atoms with Gasteiger partial charge in [-0.05, 0) is 66.4 Å². The molecular weight excluding hydrogens is 462 g/mol. The summed E-state index contributed by atoms with van der Waals surface area (Å²) in [7, 11) is 3.32. The zero-order valence-electron chi connectivity index (χ0n) is 20.7. The molecule has 0 bridgehead atoms. The van der Waals surface area contributed by atoms with Crippen LogP contribution in [0, 0.1) is 10.7 Å². The summed E-state index contributed by atoms with van der Waals surface area (Å²) < 4.78 is 17.1. The van der Waals surface area contributed by atoms with Crippen molar-refractivity contribution < 1.29 is 9.47 Å². The second-order valence-electron chi connectivity index (χ2n) is 9.49. The van der Waals surface area contributed by atoms with Crippen LogP contribution < -0.4 is 15.0 Å². The van der Waals surface area contributed by atoms with Gasteiger partial charge in [-0.15, -0.1) is 5.10 Å². The van der Waals surface area contributed by atoms with Gasteiger partial charge in [-0.3, -0.25) is 18.7 Å². The molecular formula is C26H31N5O3S. The summed E-state index contributed by atoms with van der Waals surface area (Å²) in [6.07, 6.45) is 1.79. The van der Waals surface area contributed by atoms with Crippen molar-refractivity contribution in [1.29, 1.82) is 0 Å². The quantitative estimate of drug-likeness (QED) is 0.359. The van der Waals surface area contributed by atoms with E-state index in [1.54, 1.807) is 18.8 Å². The lowest BCUT2D eigenvalue weighted by molar-refractivity contribution is 0.188. The zero-order valence-corrected chi connectivity index (χ0v) is 21.5. The molecule has 1 aliphatic rings. The molecule has 0 amide bonds. The van der Waals surface area contributed by atoms with Crippen LogP contribution in [0.3, 0.4) is 0 Å². The van der Waals surface area contributed by atoms with Crippen molar-refractivity contribution in [2.24, 2.45) is 5.92 Å². The first kappa shape index (κ1) is 23.6. The van der Waals surface area contributed by atoms with Gasteiger partial charge in [0.1, 0.15) is 0 Å². The van der Waals surface area contributed by atoms with Gasteiger partial charge in [0.05, 0.1) is 31.8 Å². The third-order valence-electron chi connectivity index (χ3n) is 6.75. The second kappa shape index (κ2) is 9.47. The Bertz CT molecular complexity index is 1520. The highest BCUT2D eigenvalue weighted by Crippen LogP contribution is 2.33. The fourth-order valence-corrected chi connectivity index (χ4v) is 5.08. The van der Waals surface area contributed by atoms with E-state index < -0.39 is 0 Å². The van der Waals surface area contributed by atoms with Crippen LogP contribution >= 0.6 is 12.2 Å². The summed E-state index contributed by atoms with van der Waals surface area (Å²) in [5.74, 6) is 2.57. The fourth-order valence-electron chi connectivity index (χ4n) is 4.80. The van der Waals surface area contributed by atoms with E-state index in [4.69, 9.17) is 26.8 Å². The summed E-state index contributed by atoms with van der Waals surface area (Å²) in [6.45, 7) is 7.10. The van der Waals surface area contributed by atoms with E-state index in [2.05, 4.69) is 30.9 Å². The summed E-state index contributed by atoms with van der Waals surface area (Å²) in [5.41, 5.74) is 3.26. The molecule has 0 unspecified atom stereocenters. The first-order valence-corrected chi connectivity index (χ1v) is 12.4. The monoisotopic (exact) mass is 493 g/mol. The van der Waals surface area contributed by atoms with E-state index >= 15 is 0 Å². The Balaban J connectivity index is 1.54. The number of rotatable bonds is 7. The van der Waals surface area contributed by atoms with E-state index in [1.165, 1.54) is 11.1 Å². The number of hydrogen-bond acceptors (Lipinski definition) is 6. The number of nitrogens with zero attached hydrogens (tertiary/aromatic N) is 5. The topological polar surface area (TPSA) is 65.9 Å². The first-order valence-electron chi connectivity index (χ1n) is 12.0. The van der Waals surface area contributed by atoms with Crippen molar-refractivity contribution >= 4 is 28.9 Å². The lowest BCUT2D eigenvalue weighted by Crippen LogP contribution is -2.32. The first-order chi connectivity index (χ1) is 16.9. The van der Waals surface area contributed by atoms with Gasteiger partial charge in [0.15, 0.2) is 11.5 Å². The molecule has 0 N–H and O–H groups in total. The van der Waals surface area contributed by atoms with Crippen molar-refractivity contribution in [1.82, 2.24) is 23.6 Å². The highest BCUT2D eigenvalue weighted by Gasteiger charge is 2.22. The summed E-state index contributed by atoms with van der Waals surface area (Å²) in [6, 6.07) is 11.8. The standard InChI is InChI=1S/C26H31N5O3S/c1-17(2)9-12-29-24(32)20-7-5-6-8-21(20)31-25(29)27-30(26(31)35)16-28-11-10-18-13-22(33-3)23(34-4)14-19(18)15-28/h5-8,13-14,17H,9-12,15-16H2,1-4H3. The third-order valence-corrected chi connectivity index (χ3v) is 7.14. The Morgan fingerprint density at radius 1 is 1.09 bits per heavy atom. The molecule has 0 radical (unpaired) electrons. The minimum absolute atomic E-state index is 0.0196. The van der Waals surface area contributed by atoms with Crippen LogP contribution in [0.4, 0.5) is 0 Å². The third kappa shape index (κ3) is 4.23. The average molecular weight is 494 g/mol. The van der Waals surface area contributed by atoms with Crippen LogP contribution in [0.2, 0.25) is 0 Å². The van der Waals surface area contributed by atoms with Crippen LogP contribution in [0.5, 0.6) is 11.5 Å². The van der Waals surface area contributed by atoms with Crippen LogP contribution in [0.1, 0.15) is 31.4 Å². The number of aromatic nitrogens is 4. The normalized spacial score (nSPS) is 14.1. The molecule has 9 heteroatoms. The summed E-state index contributed by atoms with van der Waals surface area (Å²) in [4.78, 5) is 15.7. The molecule has 0 saturated heterocycles. The number of ether oxygens (including phenoxy) is 2. The molecule has 0 atom stereocenters. The van der Waals surface area contributed by atoms with Crippen LogP contribution in [0.15, 0.2) is 41.2 Å². The molecule has 5 rings (SSSR count). The number of fused-ring (bicyclic) bond motifs is 4. The summed E-state index contributed by atoms with van der Waals surface area (Å²) in [5, 5.41) is 5.52. The van der Waals surface area contributed by atoms with Gasteiger partial charge in [0.2, 0.25) is 10.5 Å². The molecule has 8 nitrogen and oxygen atoms in total. The van der Waals surface area contributed by atoms with Gasteiger partial charge < -0.3 is 9.47 Å².